The summed E-state index contributed by atoms with van der Waals surface area (Å²) in [6.45, 7) is 0.852. The van der Waals surface area contributed by atoms with Crippen LogP contribution in [0.15, 0.2) is 40.1 Å². The van der Waals surface area contributed by atoms with E-state index in [1.807, 2.05) is 0 Å². The Hall–Kier alpha value is -3.89. The number of hydrogen-bond acceptors (Lipinski definition) is 5. The van der Waals surface area contributed by atoms with Crippen LogP contribution in [-0.4, -0.2) is 62.3 Å². The maximum atomic E-state index is 13.4. The first-order chi connectivity index (χ1) is 14.8. The van der Waals surface area contributed by atoms with Crippen molar-refractivity contribution in [1.82, 2.24) is 24.3 Å². The van der Waals surface area contributed by atoms with E-state index in [4.69, 9.17) is 0 Å². The Labute approximate surface area is 173 Å². The largest absolute Gasteiger partial charge is 0.335 e. The SMILES string of the molecule is Cn1c(=O)[nH]c(=O)c2cc(C(=O)N3CCN(C(=O)c4ccc(F)c(F)c4)CC3)cnc21. The molecule has 0 atom stereocenters. The molecule has 1 saturated heterocycles. The number of aromatic amines is 1. The van der Waals surface area contributed by atoms with Crippen LogP contribution in [0.2, 0.25) is 0 Å². The van der Waals surface area contributed by atoms with Gasteiger partial charge in [0.2, 0.25) is 0 Å². The number of hydrogen-bond donors (Lipinski definition) is 1. The Morgan fingerprint density at radius 3 is 2.16 bits per heavy atom. The number of pyridine rings is 1. The fourth-order valence-corrected chi connectivity index (χ4v) is 3.46. The van der Waals surface area contributed by atoms with Crippen LogP contribution in [0.5, 0.6) is 0 Å². The number of nitrogens with zero attached hydrogens (tertiary/aromatic N) is 4. The summed E-state index contributed by atoms with van der Waals surface area (Å²) >= 11 is 0. The average molecular weight is 429 g/mol. The normalized spacial score (nSPS) is 14.2. The van der Waals surface area contributed by atoms with E-state index in [1.54, 1.807) is 0 Å². The Kier molecular flexibility index (Phi) is 5.09. The second-order valence-electron chi connectivity index (χ2n) is 7.13. The number of fused-ring (bicyclic) bond motifs is 1. The van der Waals surface area contributed by atoms with E-state index >= 15 is 0 Å². The summed E-state index contributed by atoms with van der Waals surface area (Å²) in [6, 6.07) is 4.33. The van der Waals surface area contributed by atoms with Crippen molar-refractivity contribution in [3.8, 4) is 0 Å². The number of carbonyl (C=O) groups excluding carboxylic acids is 2. The molecule has 4 rings (SSSR count). The van der Waals surface area contributed by atoms with Crippen molar-refractivity contribution in [3.63, 3.8) is 0 Å². The molecule has 1 aliphatic heterocycles. The first-order valence-corrected chi connectivity index (χ1v) is 9.39. The number of carbonyl (C=O) groups is 2. The van der Waals surface area contributed by atoms with Gasteiger partial charge in [0.1, 0.15) is 5.65 Å². The van der Waals surface area contributed by atoms with Gasteiger partial charge in [-0.1, -0.05) is 0 Å². The summed E-state index contributed by atoms with van der Waals surface area (Å²) in [5.41, 5.74) is -0.875. The number of H-pyrrole nitrogens is 1. The maximum absolute atomic E-state index is 13.4. The molecule has 3 heterocycles. The number of halogens is 2. The lowest BCUT2D eigenvalue weighted by Crippen LogP contribution is -2.50. The lowest BCUT2D eigenvalue weighted by molar-refractivity contribution is 0.0535. The van der Waals surface area contributed by atoms with Crippen molar-refractivity contribution >= 4 is 22.8 Å². The molecule has 9 nitrogen and oxygen atoms in total. The van der Waals surface area contributed by atoms with E-state index in [9.17, 15) is 28.0 Å². The van der Waals surface area contributed by atoms with Crippen LogP contribution >= 0.6 is 0 Å². The minimum Gasteiger partial charge on any atom is -0.335 e. The van der Waals surface area contributed by atoms with Crippen LogP contribution in [-0.2, 0) is 7.05 Å². The van der Waals surface area contributed by atoms with Crippen molar-refractivity contribution in [2.45, 2.75) is 0 Å². The summed E-state index contributed by atoms with van der Waals surface area (Å²) in [7, 11) is 1.46. The van der Waals surface area contributed by atoms with E-state index in [0.29, 0.717) is 0 Å². The Morgan fingerprint density at radius 1 is 0.935 bits per heavy atom. The molecule has 31 heavy (non-hydrogen) atoms. The molecule has 0 aliphatic carbocycles. The predicted molar refractivity (Wildman–Crippen MR) is 106 cm³/mol. The van der Waals surface area contributed by atoms with Crippen LogP contribution < -0.4 is 11.2 Å². The summed E-state index contributed by atoms with van der Waals surface area (Å²) in [4.78, 5) is 58.3. The molecular weight excluding hydrogens is 412 g/mol. The number of benzene rings is 1. The molecule has 0 bridgehead atoms. The Balaban J connectivity index is 1.49. The van der Waals surface area contributed by atoms with Gasteiger partial charge in [-0.3, -0.25) is 23.9 Å². The standard InChI is InChI=1S/C20H17F2N5O4/c1-25-16-13(17(28)24-20(25)31)8-12(10-23-16)19(30)27-6-4-26(5-7-27)18(29)11-2-3-14(21)15(22)9-11/h2-3,8-10H,4-7H2,1H3,(H,24,28,31). The van der Waals surface area contributed by atoms with Gasteiger partial charge in [0.15, 0.2) is 11.6 Å². The number of amides is 2. The molecule has 2 aromatic heterocycles. The number of nitrogens with one attached hydrogen (secondary N) is 1. The number of aryl methyl sites for hydroxylation is 1. The molecule has 1 aromatic carbocycles. The predicted octanol–water partition coefficient (Wildman–Crippen LogP) is 0.498. The first-order valence-electron chi connectivity index (χ1n) is 9.39. The lowest BCUT2D eigenvalue weighted by atomic mass is 10.1. The van der Waals surface area contributed by atoms with Crippen molar-refractivity contribution in [2.75, 3.05) is 26.2 Å². The van der Waals surface area contributed by atoms with Crippen molar-refractivity contribution < 1.29 is 18.4 Å². The zero-order chi connectivity index (χ0) is 22.3. The van der Waals surface area contributed by atoms with Gasteiger partial charge in [-0.2, -0.15) is 0 Å². The van der Waals surface area contributed by atoms with Crippen LogP contribution in [0.1, 0.15) is 20.7 Å². The Bertz CT molecular complexity index is 1330. The van der Waals surface area contributed by atoms with Gasteiger partial charge in [-0.25, -0.2) is 18.6 Å². The molecule has 1 fully saturated rings. The third-order valence-corrected chi connectivity index (χ3v) is 5.22. The summed E-state index contributed by atoms with van der Waals surface area (Å²) < 4.78 is 27.7. The molecule has 2 amide bonds. The van der Waals surface area contributed by atoms with Crippen molar-refractivity contribution in [2.24, 2.45) is 7.05 Å². The molecule has 11 heteroatoms. The van der Waals surface area contributed by atoms with Crippen LogP contribution in [0.4, 0.5) is 8.78 Å². The van der Waals surface area contributed by atoms with Gasteiger partial charge in [-0.05, 0) is 24.3 Å². The molecule has 0 spiro atoms. The molecule has 0 unspecified atom stereocenters. The number of piperazine rings is 1. The fourth-order valence-electron chi connectivity index (χ4n) is 3.46. The lowest BCUT2D eigenvalue weighted by Gasteiger charge is -2.34. The van der Waals surface area contributed by atoms with Gasteiger partial charge in [0.25, 0.3) is 17.4 Å². The zero-order valence-corrected chi connectivity index (χ0v) is 16.4. The highest BCUT2D eigenvalue weighted by Gasteiger charge is 2.26. The highest BCUT2D eigenvalue weighted by Crippen LogP contribution is 2.15. The third-order valence-electron chi connectivity index (χ3n) is 5.22. The van der Waals surface area contributed by atoms with E-state index in [-0.39, 0.29) is 54.2 Å². The number of aromatic nitrogens is 3. The minimum absolute atomic E-state index is 0.0299. The van der Waals surface area contributed by atoms with Crippen LogP contribution in [0.3, 0.4) is 0 Å². The fraction of sp³-hybridized carbons (Fsp3) is 0.250. The Morgan fingerprint density at radius 2 is 1.55 bits per heavy atom. The zero-order valence-electron chi connectivity index (χ0n) is 16.4. The van der Waals surface area contributed by atoms with Crippen LogP contribution in [0.25, 0.3) is 11.0 Å². The van der Waals surface area contributed by atoms with E-state index in [2.05, 4.69) is 9.97 Å². The highest BCUT2D eigenvalue weighted by molar-refractivity contribution is 5.97. The summed E-state index contributed by atoms with van der Waals surface area (Å²) in [5, 5.41) is 0.111. The third kappa shape index (κ3) is 3.69. The van der Waals surface area contributed by atoms with Gasteiger partial charge in [-0.15, -0.1) is 0 Å². The maximum Gasteiger partial charge on any atom is 0.329 e. The van der Waals surface area contributed by atoms with E-state index in [1.165, 1.54) is 39.7 Å². The van der Waals surface area contributed by atoms with Crippen molar-refractivity contribution in [1.29, 1.82) is 0 Å². The molecule has 1 N–H and O–H groups in total. The van der Waals surface area contributed by atoms with Gasteiger partial charge < -0.3 is 9.80 Å². The monoisotopic (exact) mass is 429 g/mol. The summed E-state index contributed by atoms with van der Waals surface area (Å²) in [6.07, 6.45) is 1.29. The van der Waals surface area contributed by atoms with Gasteiger partial charge in [0, 0.05) is 45.0 Å². The first kappa shape index (κ1) is 20.4. The molecule has 1 aliphatic rings. The molecule has 0 radical (unpaired) electrons. The number of rotatable bonds is 2. The average Bonchev–Trinajstić information content (AvgIpc) is 2.78. The summed E-state index contributed by atoms with van der Waals surface area (Å²) in [5.74, 6) is -2.96. The highest BCUT2D eigenvalue weighted by atomic mass is 19.2. The molecular formula is C20H17F2N5O4. The molecule has 0 saturated carbocycles. The van der Waals surface area contributed by atoms with Crippen molar-refractivity contribution in [3.05, 3.63) is 74.1 Å². The topological polar surface area (TPSA) is 108 Å². The van der Waals surface area contributed by atoms with Crippen LogP contribution in [0, 0.1) is 11.6 Å². The smallest absolute Gasteiger partial charge is 0.329 e. The van der Waals surface area contributed by atoms with Gasteiger partial charge >= 0.3 is 5.69 Å². The van der Waals surface area contributed by atoms with Gasteiger partial charge in [0.05, 0.1) is 10.9 Å². The second kappa shape index (κ2) is 7.74. The minimum atomic E-state index is -1.10. The molecule has 160 valence electrons. The second-order valence-corrected chi connectivity index (χ2v) is 7.13. The van der Waals surface area contributed by atoms with E-state index < -0.39 is 28.8 Å². The quantitative estimate of drug-likeness (QED) is 0.638. The van der Waals surface area contributed by atoms with E-state index in [0.717, 1.165) is 12.1 Å². The molecule has 3 aromatic rings.